The number of rotatable bonds is 4. The van der Waals surface area contributed by atoms with Crippen LogP contribution in [0, 0.1) is 0 Å². The number of benzene rings is 2. The summed E-state index contributed by atoms with van der Waals surface area (Å²) in [4.78, 5) is 15.6. The first-order valence-electron chi connectivity index (χ1n) is 7.11. The summed E-state index contributed by atoms with van der Waals surface area (Å²) in [7, 11) is 1.69. The van der Waals surface area contributed by atoms with Crippen molar-refractivity contribution in [3.63, 3.8) is 0 Å². The molecule has 0 aliphatic heterocycles. The molecule has 2 N–H and O–H groups in total. The van der Waals surface area contributed by atoms with E-state index in [9.17, 15) is 4.79 Å². The summed E-state index contributed by atoms with van der Waals surface area (Å²) in [5.74, 6) is -0.152. The monoisotopic (exact) mass is 278 g/mol. The third-order valence-corrected chi connectivity index (χ3v) is 3.84. The number of nitrogens with one attached hydrogen (secondary N) is 2. The van der Waals surface area contributed by atoms with Crippen molar-refractivity contribution in [2.24, 2.45) is 0 Å². The molecule has 1 heterocycles. The molecule has 3 rings (SSSR count). The number of hydrogen-bond donors (Lipinski definition) is 2. The zero-order chi connectivity index (χ0) is 14.7. The quantitative estimate of drug-likeness (QED) is 0.756. The van der Waals surface area contributed by atoms with Crippen LogP contribution in [0.4, 0.5) is 0 Å². The van der Waals surface area contributed by atoms with Crippen molar-refractivity contribution < 1.29 is 4.79 Å². The Morgan fingerprint density at radius 1 is 1.10 bits per heavy atom. The second kappa shape index (κ2) is 5.83. The molecule has 3 heteroatoms. The van der Waals surface area contributed by atoms with Crippen LogP contribution in [0.1, 0.15) is 17.0 Å². The predicted molar refractivity (Wildman–Crippen MR) is 85.3 cm³/mol. The molecule has 0 saturated carbocycles. The zero-order valence-corrected chi connectivity index (χ0v) is 12.0. The van der Waals surface area contributed by atoms with Gasteiger partial charge in [0.15, 0.2) is 0 Å². The first-order valence-corrected chi connectivity index (χ1v) is 7.11. The number of aromatic nitrogens is 1. The Hall–Kier alpha value is -2.55. The van der Waals surface area contributed by atoms with Gasteiger partial charge in [0.05, 0.1) is 5.92 Å². The second-order valence-electron chi connectivity index (χ2n) is 5.15. The molecule has 0 aliphatic carbocycles. The smallest absolute Gasteiger partial charge is 0.227 e. The fraction of sp³-hybridized carbons (Fsp3) is 0.167. The molecule has 1 unspecified atom stereocenters. The number of para-hydroxylation sites is 1. The van der Waals surface area contributed by atoms with Gasteiger partial charge in [-0.1, -0.05) is 48.5 Å². The molecule has 1 atom stereocenters. The van der Waals surface area contributed by atoms with Crippen molar-refractivity contribution >= 4 is 16.8 Å². The average Bonchev–Trinajstić information content (AvgIpc) is 3.01. The largest absolute Gasteiger partial charge is 0.361 e. The number of aromatic amines is 1. The van der Waals surface area contributed by atoms with E-state index in [0.717, 1.165) is 22.0 Å². The third-order valence-electron chi connectivity index (χ3n) is 3.84. The fourth-order valence-corrected chi connectivity index (χ4v) is 2.77. The van der Waals surface area contributed by atoms with E-state index in [-0.39, 0.29) is 11.8 Å². The Balaban J connectivity index is 2.03. The Bertz CT molecular complexity index is 746. The molecule has 0 fully saturated rings. The Morgan fingerprint density at radius 3 is 2.67 bits per heavy atom. The van der Waals surface area contributed by atoms with Crippen LogP contribution in [0.3, 0.4) is 0 Å². The molecular weight excluding hydrogens is 260 g/mol. The first-order chi connectivity index (χ1) is 10.3. The molecule has 0 saturated heterocycles. The number of hydrogen-bond acceptors (Lipinski definition) is 1. The number of likely N-dealkylation sites (N-methyl/N-ethyl adjacent to an activating group) is 1. The number of carbonyl (C=O) groups is 1. The van der Waals surface area contributed by atoms with Gasteiger partial charge < -0.3 is 10.3 Å². The maximum Gasteiger partial charge on any atom is 0.227 e. The molecule has 106 valence electrons. The van der Waals surface area contributed by atoms with Crippen LogP contribution in [-0.2, 0) is 11.2 Å². The van der Waals surface area contributed by atoms with Crippen LogP contribution in [0.2, 0.25) is 0 Å². The van der Waals surface area contributed by atoms with Crippen molar-refractivity contribution in [3.05, 3.63) is 71.9 Å². The number of carbonyl (C=O) groups excluding carboxylic acids is 1. The highest BCUT2D eigenvalue weighted by molar-refractivity contribution is 5.91. The summed E-state index contributed by atoms with van der Waals surface area (Å²) in [6.07, 6.45) is 2.61. The number of H-pyrrole nitrogens is 1. The van der Waals surface area contributed by atoms with Gasteiger partial charge in [0, 0.05) is 18.8 Å². The second-order valence-corrected chi connectivity index (χ2v) is 5.15. The normalized spacial score (nSPS) is 12.2. The van der Waals surface area contributed by atoms with Gasteiger partial charge in [-0.2, -0.15) is 0 Å². The minimum Gasteiger partial charge on any atom is -0.361 e. The van der Waals surface area contributed by atoms with Crippen molar-refractivity contribution in [3.8, 4) is 0 Å². The molecule has 0 aliphatic rings. The molecule has 0 spiro atoms. The van der Waals surface area contributed by atoms with Gasteiger partial charge in [-0.15, -0.1) is 0 Å². The highest BCUT2D eigenvalue weighted by atomic mass is 16.1. The van der Waals surface area contributed by atoms with E-state index in [2.05, 4.69) is 28.5 Å². The van der Waals surface area contributed by atoms with Crippen LogP contribution < -0.4 is 5.32 Å². The van der Waals surface area contributed by atoms with E-state index in [0.29, 0.717) is 6.42 Å². The lowest BCUT2D eigenvalue weighted by molar-refractivity contribution is -0.122. The van der Waals surface area contributed by atoms with Crippen LogP contribution in [0.5, 0.6) is 0 Å². The number of amides is 1. The van der Waals surface area contributed by atoms with E-state index in [1.165, 1.54) is 0 Å². The van der Waals surface area contributed by atoms with Crippen LogP contribution in [0.25, 0.3) is 10.9 Å². The zero-order valence-electron chi connectivity index (χ0n) is 12.0. The average molecular weight is 278 g/mol. The minimum absolute atomic E-state index is 0.0425. The lowest BCUT2D eigenvalue weighted by Crippen LogP contribution is -2.27. The Morgan fingerprint density at radius 2 is 1.90 bits per heavy atom. The van der Waals surface area contributed by atoms with E-state index >= 15 is 0 Å². The molecule has 0 radical (unpaired) electrons. The predicted octanol–water partition coefficient (Wildman–Crippen LogP) is 3.24. The molecule has 21 heavy (non-hydrogen) atoms. The SMILES string of the molecule is CNC(=O)C(Cc1ccccc1)c1cccc2cc[nH]c12. The van der Waals surface area contributed by atoms with Gasteiger partial charge >= 0.3 is 0 Å². The standard InChI is InChI=1S/C18H18N2O/c1-19-18(21)16(12-13-6-3-2-4-7-13)15-9-5-8-14-10-11-20-17(14)15/h2-11,16,20H,12H2,1H3,(H,19,21). The van der Waals surface area contributed by atoms with Gasteiger partial charge in [-0.05, 0) is 29.0 Å². The van der Waals surface area contributed by atoms with Gasteiger partial charge in [0.1, 0.15) is 0 Å². The van der Waals surface area contributed by atoms with E-state index in [1.54, 1.807) is 7.05 Å². The fourth-order valence-electron chi connectivity index (χ4n) is 2.77. The van der Waals surface area contributed by atoms with Crippen molar-refractivity contribution in [1.82, 2.24) is 10.3 Å². The highest BCUT2D eigenvalue weighted by Crippen LogP contribution is 2.27. The van der Waals surface area contributed by atoms with Gasteiger partial charge in [-0.3, -0.25) is 4.79 Å². The van der Waals surface area contributed by atoms with Crippen molar-refractivity contribution in [2.45, 2.75) is 12.3 Å². The third kappa shape index (κ3) is 2.68. The van der Waals surface area contributed by atoms with Crippen LogP contribution in [-0.4, -0.2) is 17.9 Å². The van der Waals surface area contributed by atoms with Crippen molar-refractivity contribution in [2.75, 3.05) is 7.05 Å². The Labute approximate surface area is 124 Å². The maximum absolute atomic E-state index is 12.4. The van der Waals surface area contributed by atoms with Gasteiger partial charge in [0.25, 0.3) is 0 Å². The van der Waals surface area contributed by atoms with E-state index in [4.69, 9.17) is 0 Å². The molecule has 3 aromatic rings. The first kappa shape index (κ1) is 13.4. The topological polar surface area (TPSA) is 44.9 Å². The van der Waals surface area contributed by atoms with Crippen molar-refractivity contribution in [1.29, 1.82) is 0 Å². The summed E-state index contributed by atoms with van der Waals surface area (Å²) in [5.41, 5.74) is 3.25. The maximum atomic E-state index is 12.4. The molecular formula is C18H18N2O. The molecule has 2 aromatic carbocycles. The minimum atomic E-state index is -0.195. The summed E-state index contributed by atoms with van der Waals surface area (Å²) < 4.78 is 0. The summed E-state index contributed by atoms with van der Waals surface area (Å²) >= 11 is 0. The molecule has 0 bridgehead atoms. The van der Waals surface area contributed by atoms with Gasteiger partial charge in [-0.25, -0.2) is 0 Å². The van der Waals surface area contributed by atoms with E-state index < -0.39 is 0 Å². The molecule has 3 nitrogen and oxygen atoms in total. The Kier molecular flexibility index (Phi) is 3.73. The lowest BCUT2D eigenvalue weighted by atomic mass is 9.90. The number of fused-ring (bicyclic) bond motifs is 1. The summed E-state index contributed by atoms with van der Waals surface area (Å²) in [6, 6.07) is 18.2. The molecule has 1 amide bonds. The van der Waals surface area contributed by atoms with E-state index in [1.807, 2.05) is 42.6 Å². The van der Waals surface area contributed by atoms with Crippen LogP contribution in [0.15, 0.2) is 60.8 Å². The van der Waals surface area contributed by atoms with Gasteiger partial charge in [0.2, 0.25) is 5.91 Å². The highest BCUT2D eigenvalue weighted by Gasteiger charge is 2.22. The summed E-state index contributed by atoms with van der Waals surface area (Å²) in [5, 5.41) is 3.92. The summed E-state index contributed by atoms with van der Waals surface area (Å²) in [6.45, 7) is 0. The lowest BCUT2D eigenvalue weighted by Gasteiger charge is -2.17. The van der Waals surface area contributed by atoms with Crippen LogP contribution >= 0.6 is 0 Å². The molecule has 1 aromatic heterocycles.